The Morgan fingerprint density at radius 3 is 2.37 bits per heavy atom. The van der Waals surface area contributed by atoms with Gasteiger partial charge in [-0.25, -0.2) is 0 Å². The van der Waals surface area contributed by atoms with Gasteiger partial charge in [-0.15, -0.1) is 11.3 Å². The van der Waals surface area contributed by atoms with Gasteiger partial charge in [0.15, 0.2) is 12.3 Å². The number of likely N-dealkylation sites (N-methyl/N-ethyl adjacent to an activating group) is 1. The van der Waals surface area contributed by atoms with Crippen molar-refractivity contribution < 1.29 is 14.1 Å². The molecule has 1 heterocycles. The zero-order valence-electron chi connectivity index (χ0n) is 18.5. The summed E-state index contributed by atoms with van der Waals surface area (Å²) in [6, 6.07) is 11.0. The number of hydrogen-bond acceptors (Lipinski definition) is 3. The Balaban J connectivity index is 1.77. The van der Waals surface area contributed by atoms with Crippen LogP contribution in [0.3, 0.4) is 0 Å². The van der Waals surface area contributed by atoms with Crippen molar-refractivity contribution in [2.75, 3.05) is 32.5 Å². The number of quaternary nitrogens is 1. The van der Waals surface area contributed by atoms with E-state index in [1.807, 2.05) is 23.6 Å². The normalized spacial score (nSPS) is 11.7. The fraction of sp³-hybridized carbons (Fsp3) is 0.440. The molecule has 0 unspecified atom stereocenters. The summed E-state index contributed by atoms with van der Waals surface area (Å²) in [7, 11) is 4.21. The van der Waals surface area contributed by atoms with Crippen LogP contribution in [0.5, 0.6) is 0 Å². The Kier molecular flexibility index (Phi) is 9.98. The zero-order chi connectivity index (χ0) is 21.8. The van der Waals surface area contributed by atoms with Gasteiger partial charge in [-0.05, 0) is 60.7 Å². The second-order valence-corrected chi connectivity index (χ2v) is 9.40. The third-order valence-electron chi connectivity index (χ3n) is 5.08. The maximum Gasteiger partial charge on any atom is 0.279 e. The molecule has 2 aromatic rings. The van der Waals surface area contributed by atoms with Crippen molar-refractivity contribution in [2.45, 2.75) is 45.4 Å². The molecular formula is C25H35N2O2S+. The topological polar surface area (TPSA) is 46.2 Å². The molecule has 0 aliphatic rings. The van der Waals surface area contributed by atoms with Crippen molar-refractivity contribution in [1.29, 1.82) is 0 Å². The predicted molar refractivity (Wildman–Crippen MR) is 128 cm³/mol. The molecule has 0 radical (unpaired) electrons. The first-order valence-corrected chi connectivity index (χ1v) is 11.8. The molecule has 4 nitrogen and oxygen atoms in total. The molecule has 0 atom stereocenters. The smallest absolute Gasteiger partial charge is 0.279 e. The average Bonchev–Trinajstić information content (AvgIpc) is 3.22. The molecule has 2 rings (SSSR count). The maximum atomic E-state index is 12.5. The minimum Gasteiger partial charge on any atom is -0.321 e. The number of thiophene rings is 1. The van der Waals surface area contributed by atoms with E-state index < -0.39 is 0 Å². The second kappa shape index (κ2) is 12.5. The Bertz CT molecular complexity index is 808. The van der Waals surface area contributed by atoms with Gasteiger partial charge in [0.05, 0.1) is 20.6 Å². The summed E-state index contributed by atoms with van der Waals surface area (Å²) in [6.07, 6.45) is 11.0. The van der Waals surface area contributed by atoms with Gasteiger partial charge in [-0.2, -0.15) is 0 Å². The number of hydrogen-bond donors (Lipinski definition) is 1. The van der Waals surface area contributed by atoms with Crippen LogP contribution in [0.25, 0.3) is 6.08 Å². The molecule has 0 bridgehead atoms. The molecular weight excluding hydrogens is 392 g/mol. The van der Waals surface area contributed by atoms with Gasteiger partial charge in [0.1, 0.15) is 0 Å². The van der Waals surface area contributed by atoms with Gasteiger partial charge in [-0.1, -0.05) is 38.7 Å². The van der Waals surface area contributed by atoms with Gasteiger partial charge in [0.2, 0.25) is 0 Å². The molecule has 0 spiro atoms. The standard InChI is InChI=1S/C25H34N2O2S/c1-4-5-6-7-8-9-18-27(2,3)20-25(29)26-22-14-12-21(13-15-22)24(28)17-16-23-11-10-19-30-23/h10-17,19H,4-9,18,20H2,1-3H3/p+1/b17-16+. The first-order chi connectivity index (χ1) is 14.4. The molecule has 5 heteroatoms. The average molecular weight is 428 g/mol. The molecule has 0 saturated heterocycles. The maximum absolute atomic E-state index is 12.5. The highest BCUT2D eigenvalue weighted by Gasteiger charge is 2.19. The lowest BCUT2D eigenvalue weighted by atomic mass is 10.1. The Morgan fingerprint density at radius 2 is 1.70 bits per heavy atom. The van der Waals surface area contributed by atoms with E-state index in [1.54, 1.807) is 41.7 Å². The summed E-state index contributed by atoms with van der Waals surface area (Å²) < 4.78 is 0.684. The number of amides is 1. The SMILES string of the molecule is CCCCCCCC[N+](C)(C)CC(=O)Nc1ccc(C(=O)/C=C/c2cccs2)cc1. The van der Waals surface area contributed by atoms with E-state index in [2.05, 4.69) is 26.3 Å². The summed E-state index contributed by atoms with van der Waals surface area (Å²) >= 11 is 1.59. The lowest BCUT2D eigenvalue weighted by molar-refractivity contribution is -0.882. The van der Waals surface area contributed by atoms with Crippen LogP contribution >= 0.6 is 11.3 Å². The first-order valence-electron chi connectivity index (χ1n) is 10.9. The van der Waals surface area contributed by atoms with Crippen LogP contribution in [0.2, 0.25) is 0 Å². The molecule has 0 aliphatic carbocycles. The molecule has 162 valence electrons. The summed E-state index contributed by atoms with van der Waals surface area (Å²) in [5.74, 6) is -0.0411. The molecule has 1 amide bonds. The number of rotatable bonds is 13. The number of nitrogens with one attached hydrogen (secondary N) is 1. The number of unbranched alkanes of at least 4 members (excludes halogenated alkanes) is 5. The van der Waals surface area contributed by atoms with Gasteiger partial charge < -0.3 is 9.80 Å². The summed E-state index contributed by atoms with van der Waals surface area (Å²) in [4.78, 5) is 25.8. The van der Waals surface area contributed by atoms with E-state index in [9.17, 15) is 9.59 Å². The van der Waals surface area contributed by atoms with Crippen molar-refractivity contribution in [3.63, 3.8) is 0 Å². The lowest BCUT2D eigenvalue weighted by Gasteiger charge is -2.29. The molecule has 0 saturated carbocycles. The minimum absolute atomic E-state index is 0.00245. The van der Waals surface area contributed by atoms with Crippen LogP contribution in [0.1, 0.15) is 60.7 Å². The van der Waals surface area contributed by atoms with E-state index in [4.69, 9.17) is 0 Å². The fourth-order valence-corrected chi connectivity index (χ4v) is 3.96. The van der Waals surface area contributed by atoms with Crippen LogP contribution < -0.4 is 5.32 Å². The van der Waals surface area contributed by atoms with E-state index in [0.717, 1.165) is 23.5 Å². The molecule has 0 aliphatic heterocycles. The van der Waals surface area contributed by atoms with Gasteiger partial charge >= 0.3 is 0 Å². The molecule has 1 aromatic heterocycles. The molecule has 1 N–H and O–H groups in total. The highest BCUT2D eigenvalue weighted by molar-refractivity contribution is 7.10. The van der Waals surface area contributed by atoms with Crippen LogP contribution in [0.4, 0.5) is 5.69 Å². The van der Waals surface area contributed by atoms with E-state index >= 15 is 0 Å². The van der Waals surface area contributed by atoms with Crippen molar-refractivity contribution >= 4 is 34.8 Å². The number of carbonyl (C=O) groups excluding carboxylic acids is 2. The molecule has 0 fully saturated rings. The van der Waals surface area contributed by atoms with Gasteiger partial charge in [0.25, 0.3) is 5.91 Å². The number of carbonyl (C=O) groups is 2. The monoisotopic (exact) mass is 427 g/mol. The fourth-order valence-electron chi connectivity index (χ4n) is 3.35. The Hall–Kier alpha value is -2.24. The number of allylic oxidation sites excluding steroid dienone is 1. The van der Waals surface area contributed by atoms with Crippen LogP contribution in [-0.2, 0) is 4.79 Å². The molecule has 1 aromatic carbocycles. The minimum atomic E-state index is -0.0435. The number of ketones is 1. The second-order valence-electron chi connectivity index (χ2n) is 8.42. The van der Waals surface area contributed by atoms with Crippen molar-refractivity contribution in [2.24, 2.45) is 0 Å². The molecule has 30 heavy (non-hydrogen) atoms. The summed E-state index contributed by atoms with van der Waals surface area (Å²) in [6.45, 7) is 3.68. The Morgan fingerprint density at radius 1 is 1.00 bits per heavy atom. The number of anilines is 1. The van der Waals surface area contributed by atoms with Gasteiger partial charge in [0, 0.05) is 16.1 Å². The number of nitrogens with zero attached hydrogens (tertiary/aromatic N) is 1. The highest BCUT2D eigenvalue weighted by Crippen LogP contribution is 2.14. The van der Waals surface area contributed by atoms with Crippen LogP contribution in [-0.4, -0.2) is 43.4 Å². The van der Waals surface area contributed by atoms with Crippen LogP contribution in [0.15, 0.2) is 47.9 Å². The van der Waals surface area contributed by atoms with E-state index in [0.29, 0.717) is 16.6 Å². The predicted octanol–water partition coefficient (Wildman–Crippen LogP) is 6.02. The van der Waals surface area contributed by atoms with Crippen LogP contribution in [0, 0.1) is 0 Å². The van der Waals surface area contributed by atoms with Crippen molar-refractivity contribution in [3.05, 3.63) is 58.3 Å². The summed E-state index contributed by atoms with van der Waals surface area (Å²) in [5.41, 5.74) is 1.33. The van der Waals surface area contributed by atoms with E-state index in [1.165, 1.54) is 32.1 Å². The highest BCUT2D eigenvalue weighted by atomic mass is 32.1. The van der Waals surface area contributed by atoms with Crippen molar-refractivity contribution in [3.8, 4) is 0 Å². The zero-order valence-corrected chi connectivity index (χ0v) is 19.3. The largest absolute Gasteiger partial charge is 0.321 e. The van der Waals surface area contributed by atoms with Gasteiger partial charge in [-0.3, -0.25) is 9.59 Å². The third kappa shape index (κ3) is 9.06. The van der Waals surface area contributed by atoms with Crippen molar-refractivity contribution in [1.82, 2.24) is 0 Å². The first kappa shape index (κ1) is 24.0. The Labute approximate surface area is 185 Å². The lowest BCUT2D eigenvalue weighted by Crippen LogP contribution is -2.46. The van der Waals surface area contributed by atoms with E-state index in [-0.39, 0.29) is 11.7 Å². The quantitative estimate of drug-likeness (QED) is 0.184. The number of benzene rings is 1. The summed E-state index contributed by atoms with van der Waals surface area (Å²) in [5, 5.41) is 4.94. The third-order valence-corrected chi connectivity index (χ3v) is 5.92.